The first-order chi connectivity index (χ1) is 18.2. The van der Waals surface area contributed by atoms with Crippen molar-refractivity contribution in [3.05, 3.63) is 54.1 Å². The van der Waals surface area contributed by atoms with Gasteiger partial charge in [-0.15, -0.1) is 0 Å². The van der Waals surface area contributed by atoms with Crippen molar-refractivity contribution in [2.45, 2.75) is 73.8 Å². The zero-order chi connectivity index (χ0) is 28.4. The molecular formula is C26H25ClF6N4O2. The normalized spacial score (nSPS) is 26.9. The summed E-state index contributed by atoms with van der Waals surface area (Å²) in [7, 11) is 0. The molecule has 0 spiro atoms. The predicted octanol–water partition coefficient (Wildman–Crippen LogP) is 5.40. The molecule has 0 aliphatic heterocycles. The molecule has 0 radical (unpaired) electrons. The summed E-state index contributed by atoms with van der Waals surface area (Å²) in [6.07, 6.45) is -1.11. The molecule has 39 heavy (non-hydrogen) atoms. The van der Waals surface area contributed by atoms with Gasteiger partial charge in [0.25, 0.3) is 23.4 Å². The first kappa shape index (κ1) is 27.7. The maximum Gasteiger partial charge on any atom is 0.398 e. The minimum Gasteiger partial charge on any atom is -0.351 e. The van der Waals surface area contributed by atoms with Crippen molar-refractivity contribution >= 4 is 29.1 Å². The van der Waals surface area contributed by atoms with E-state index in [1.165, 1.54) is 49.9 Å². The number of halogens is 7. The first-order valence-electron chi connectivity index (χ1n) is 12.4. The Morgan fingerprint density at radius 1 is 1.10 bits per heavy atom. The Kier molecular flexibility index (Phi) is 6.63. The van der Waals surface area contributed by atoms with Gasteiger partial charge in [0.1, 0.15) is 6.33 Å². The minimum atomic E-state index is -4.47. The fourth-order valence-corrected chi connectivity index (χ4v) is 6.20. The number of anilines is 1. The summed E-state index contributed by atoms with van der Waals surface area (Å²) in [5, 5.41) is 2.76. The van der Waals surface area contributed by atoms with Crippen molar-refractivity contribution in [3.8, 4) is 0 Å². The molecule has 0 saturated heterocycles. The smallest absolute Gasteiger partial charge is 0.351 e. The van der Waals surface area contributed by atoms with Crippen LogP contribution in [0.5, 0.6) is 0 Å². The molecule has 3 fully saturated rings. The second-order valence-corrected chi connectivity index (χ2v) is 11.2. The van der Waals surface area contributed by atoms with E-state index in [0.29, 0.717) is 0 Å². The van der Waals surface area contributed by atoms with Crippen LogP contribution in [0.3, 0.4) is 0 Å². The summed E-state index contributed by atoms with van der Waals surface area (Å²) in [6.45, 7) is 1.30. The predicted molar refractivity (Wildman–Crippen MR) is 129 cm³/mol. The van der Waals surface area contributed by atoms with Crippen LogP contribution in [0.4, 0.5) is 32.0 Å². The monoisotopic (exact) mass is 574 g/mol. The molecule has 1 N–H and O–H groups in total. The lowest BCUT2D eigenvalue weighted by Gasteiger charge is -2.41. The number of nitrogens with zero attached hydrogens (tertiary/aromatic N) is 3. The number of hydrogen-bond donors (Lipinski definition) is 1. The Bertz CT molecular complexity index is 1260. The molecule has 1 aromatic heterocycles. The summed E-state index contributed by atoms with van der Waals surface area (Å²) in [5.41, 5.74) is -6.69. The molecule has 2 aromatic rings. The van der Waals surface area contributed by atoms with Gasteiger partial charge in [0.15, 0.2) is 5.54 Å². The molecule has 2 amide bonds. The highest BCUT2D eigenvalue weighted by Gasteiger charge is 2.64. The number of carbonyl (C=O) groups is 2. The van der Waals surface area contributed by atoms with Gasteiger partial charge in [-0.3, -0.25) is 14.5 Å². The topological polar surface area (TPSA) is 75.2 Å². The summed E-state index contributed by atoms with van der Waals surface area (Å²) in [6, 6.07) is 4.17. The van der Waals surface area contributed by atoms with Crippen LogP contribution < -0.4 is 10.2 Å². The molecule has 3 aliphatic rings. The number of benzene rings is 1. The van der Waals surface area contributed by atoms with Crippen molar-refractivity contribution in [2.75, 3.05) is 4.90 Å². The number of alkyl halides is 7. The highest BCUT2D eigenvalue weighted by molar-refractivity contribution is 6.32. The lowest BCUT2D eigenvalue weighted by atomic mass is 9.87. The standard InChI is InChI=1S/C26H25ClF6N4O2/c1-23(17-11-34-13-35-12-17,22(39)36-19-9-16-8-14(19)10-25(16,29)30)37(21(38)20(27)28)18-4-2-15(3-5-18)24(6-7-24)26(31,32)33/h2-5,11-14,16,19-20H,6-10H2,1H3,(H,36,39)/t14?,16?,19-,20+,23-/m1/s1. The number of nitrogens with one attached hydrogen (secondary N) is 1. The van der Waals surface area contributed by atoms with Crippen LogP contribution in [0.25, 0.3) is 0 Å². The Balaban J connectivity index is 1.54. The van der Waals surface area contributed by atoms with Gasteiger partial charge in [0.05, 0.1) is 5.41 Å². The van der Waals surface area contributed by atoms with E-state index in [2.05, 4.69) is 15.3 Å². The van der Waals surface area contributed by atoms with Crippen molar-refractivity contribution < 1.29 is 35.9 Å². The second kappa shape index (κ2) is 9.35. The van der Waals surface area contributed by atoms with Gasteiger partial charge in [0, 0.05) is 42.0 Å². The lowest BCUT2D eigenvalue weighted by molar-refractivity contribution is -0.160. The number of aromatic nitrogens is 2. The van der Waals surface area contributed by atoms with E-state index >= 15 is 0 Å². The quantitative estimate of drug-likeness (QED) is 0.355. The van der Waals surface area contributed by atoms with Gasteiger partial charge >= 0.3 is 6.18 Å². The van der Waals surface area contributed by atoms with Crippen LogP contribution >= 0.6 is 11.6 Å². The van der Waals surface area contributed by atoms with E-state index in [0.717, 1.165) is 4.90 Å². The van der Waals surface area contributed by atoms with Crippen LogP contribution in [0.2, 0.25) is 0 Å². The molecular weight excluding hydrogens is 550 g/mol. The molecule has 5 rings (SSSR count). The molecule has 1 aromatic carbocycles. The highest BCUT2D eigenvalue weighted by atomic mass is 35.5. The molecule has 6 nitrogen and oxygen atoms in total. The van der Waals surface area contributed by atoms with Crippen molar-refractivity contribution in [3.63, 3.8) is 0 Å². The minimum absolute atomic E-state index is 0.0223. The summed E-state index contributed by atoms with van der Waals surface area (Å²) < 4.78 is 83.5. The number of carbonyl (C=O) groups excluding carboxylic acids is 2. The Morgan fingerprint density at radius 3 is 2.18 bits per heavy atom. The van der Waals surface area contributed by atoms with Crippen LogP contribution in [0.15, 0.2) is 43.0 Å². The fraction of sp³-hybridized carbons (Fsp3) is 0.538. The summed E-state index contributed by atoms with van der Waals surface area (Å²) in [5.74, 6) is -6.34. The zero-order valence-electron chi connectivity index (χ0n) is 20.7. The molecule has 2 bridgehead atoms. The molecule has 2 unspecified atom stereocenters. The zero-order valence-corrected chi connectivity index (χ0v) is 21.4. The van der Waals surface area contributed by atoms with E-state index in [9.17, 15) is 35.9 Å². The van der Waals surface area contributed by atoms with E-state index in [4.69, 9.17) is 11.6 Å². The van der Waals surface area contributed by atoms with Crippen molar-refractivity contribution in [1.82, 2.24) is 15.3 Å². The van der Waals surface area contributed by atoms with Gasteiger partial charge in [0.2, 0.25) is 0 Å². The van der Waals surface area contributed by atoms with E-state index in [-0.39, 0.29) is 48.9 Å². The van der Waals surface area contributed by atoms with Gasteiger partial charge in [-0.1, -0.05) is 23.7 Å². The third-order valence-electron chi connectivity index (χ3n) is 8.53. The number of rotatable bonds is 7. The Labute approximate surface area is 225 Å². The number of amides is 2. The van der Waals surface area contributed by atoms with Gasteiger partial charge in [-0.25, -0.2) is 23.1 Å². The van der Waals surface area contributed by atoms with Crippen LogP contribution in [-0.4, -0.2) is 45.6 Å². The van der Waals surface area contributed by atoms with E-state index in [1.54, 1.807) is 0 Å². The maximum absolute atomic E-state index is 14.4. The SMILES string of the molecule is C[C@](C(=O)N[C@@H]1CC2CC1CC2(F)F)(c1cncnc1)N(C(=O)[C@H](F)Cl)c1ccc(C2(C(F)(F)F)CC2)cc1. The average molecular weight is 575 g/mol. The molecule has 5 atom stereocenters. The summed E-state index contributed by atoms with van der Waals surface area (Å²) in [4.78, 5) is 35.7. The average Bonchev–Trinajstić information content (AvgIpc) is 3.54. The largest absolute Gasteiger partial charge is 0.398 e. The van der Waals surface area contributed by atoms with Gasteiger partial charge in [-0.05, 0) is 56.2 Å². The fourth-order valence-electron chi connectivity index (χ4n) is 6.10. The molecule has 3 saturated carbocycles. The van der Waals surface area contributed by atoms with Crippen molar-refractivity contribution in [2.24, 2.45) is 11.8 Å². The van der Waals surface area contributed by atoms with Gasteiger partial charge in [-0.2, -0.15) is 13.2 Å². The maximum atomic E-state index is 14.4. The third-order valence-corrected chi connectivity index (χ3v) is 8.72. The van der Waals surface area contributed by atoms with Crippen LogP contribution in [-0.2, 0) is 20.5 Å². The van der Waals surface area contributed by atoms with Crippen molar-refractivity contribution in [1.29, 1.82) is 0 Å². The van der Waals surface area contributed by atoms with Crippen LogP contribution in [0, 0.1) is 11.8 Å². The third kappa shape index (κ3) is 4.54. The second-order valence-electron chi connectivity index (χ2n) is 10.8. The summed E-state index contributed by atoms with van der Waals surface area (Å²) >= 11 is 5.54. The Hall–Kier alpha value is -2.89. The van der Waals surface area contributed by atoms with E-state index < -0.39 is 58.4 Å². The molecule has 210 valence electrons. The highest BCUT2D eigenvalue weighted by Crippen LogP contribution is 2.59. The van der Waals surface area contributed by atoms with E-state index in [1.807, 2.05) is 0 Å². The molecule has 1 heterocycles. The number of fused-ring (bicyclic) bond motifs is 2. The molecule has 3 aliphatic carbocycles. The Morgan fingerprint density at radius 2 is 1.72 bits per heavy atom. The van der Waals surface area contributed by atoms with Crippen LogP contribution in [0.1, 0.15) is 50.2 Å². The first-order valence-corrected chi connectivity index (χ1v) is 12.9. The molecule has 13 heteroatoms. The lowest BCUT2D eigenvalue weighted by Crippen LogP contribution is -2.60. The van der Waals surface area contributed by atoms with Gasteiger partial charge < -0.3 is 5.32 Å². The number of hydrogen-bond acceptors (Lipinski definition) is 4.